The van der Waals surface area contributed by atoms with Gasteiger partial charge in [-0.05, 0) is 115 Å². The number of hydrogen-bond donors (Lipinski definition) is 0. The van der Waals surface area contributed by atoms with Crippen LogP contribution in [0.3, 0.4) is 0 Å². The summed E-state index contributed by atoms with van der Waals surface area (Å²) in [5.41, 5.74) is 9.91. The molecule has 11 rings (SSSR count). The molecule has 1 heterocycles. The van der Waals surface area contributed by atoms with E-state index in [1.54, 1.807) is 24.3 Å². The molecule has 0 amide bonds. The average molecular weight is 764 g/mol. The van der Waals surface area contributed by atoms with E-state index in [1.165, 1.54) is 4.90 Å². The van der Waals surface area contributed by atoms with Crippen LogP contribution in [0.4, 0.5) is 17.1 Å². The second-order valence-corrected chi connectivity index (χ2v) is 15.4. The molecule has 0 aliphatic heterocycles. The molecule has 1 aliphatic rings. The van der Waals surface area contributed by atoms with Crippen molar-refractivity contribution in [2.45, 2.75) is 19.3 Å². The van der Waals surface area contributed by atoms with Gasteiger partial charge in [-0.2, -0.15) is 0 Å². The summed E-state index contributed by atoms with van der Waals surface area (Å²) >= 11 is 0. The number of nitrogens with zero attached hydrogens (tertiary/aromatic N) is 1. The van der Waals surface area contributed by atoms with Gasteiger partial charge in [-0.15, -0.1) is 0 Å². The van der Waals surface area contributed by atoms with Crippen molar-refractivity contribution < 1.29 is 15.4 Å². The van der Waals surface area contributed by atoms with Crippen molar-refractivity contribution in [3.63, 3.8) is 0 Å². The predicted molar refractivity (Wildman–Crippen MR) is 248 cm³/mol. The molecule has 0 spiro atoms. The lowest BCUT2D eigenvalue weighted by Crippen LogP contribution is -2.16. The summed E-state index contributed by atoms with van der Waals surface area (Å²) in [6.07, 6.45) is 0. The molecule has 0 unspecified atom stereocenters. The second-order valence-electron chi connectivity index (χ2n) is 15.4. The van der Waals surface area contributed by atoms with Crippen molar-refractivity contribution >= 4 is 39.0 Å². The van der Waals surface area contributed by atoms with Gasteiger partial charge in [0.05, 0.1) is 11.0 Å². The number of hydrogen-bond acceptors (Lipinski definition) is 2. The molecule has 9 aromatic carbocycles. The Bertz CT molecular complexity index is 3580. The van der Waals surface area contributed by atoms with E-state index >= 15 is 0 Å². The minimum absolute atomic E-state index is 0.102. The predicted octanol–water partition coefficient (Wildman–Crippen LogP) is 16.0. The molecule has 59 heavy (non-hydrogen) atoms. The third kappa shape index (κ3) is 5.87. The largest absolute Gasteiger partial charge is 0.456 e. The molecular weight excluding hydrogens is 715 g/mol. The van der Waals surface area contributed by atoms with Crippen LogP contribution in [-0.4, -0.2) is 0 Å². The van der Waals surface area contributed by atoms with E-state index < -0.39 is 29.6 Å². The number of furan rings is 1. The second kappa shape index (κ2) is 13.9. The minimum Gasteiger partial charge on any atom is -0.456 e. The van der Waals surface area contributed by atoms with E-state index in [0.717, 1.165) is 66.4 Å². The Kier molecular flexibility index (Phi) is 6.42. The van der Waals surface area contributed by atoms with E-state index in [0.29, 0.717) is 16.8 Å². The average Bonchev–Trinajstić information content (AvgIpc) is 3.85. The van der Waals surface area contributed by atoms with Crippen LogP contribution in [-0.2, 0) is 5.41 Å². The van der Waals surface area contributed by atoms with Gasteiger partial charge in [0, 0.05) is 33.2 Å². The fourth-order valence-corrected chi connectivity index (χ4v) is 8.81. The number of fused-ring (bicyclic) bond motifs is 6. The van der Waals surface area contributed by atoms with Crippen LogP contribution in [0.1, 0.15) is 35.9 Å². The highest BCUT2D eigenvalue weighted by Gasteiger charge is 2.37. The van der Waals surface area contributed by atoms with Crippen molar-refractivity contribution in [3.05, 3.63) is 223 Å². The summed E-state index contributed by atoms with van der Waals surface area (Å²) in [5.74, 6) is 0. The normalized spacial score (nSPS) is 14.6. The molecule has 0 saturated carbocycles. The monoisotopic (exact) mass is 763 g/mol. The highest BCUT2D eigenvalue weighted by atomic mass is 16.3. The molecule has 0 atom stereocenters. The summed E-state index contributed by atoms with van der Waals surface area (Å²) in [7, 11) is 0. The Labute approximate surface area is 356 Å². The lowest BCUT2D eigenvalue weighted by molar-refractivity contribution is 0.662. The molecule has 0 radical (unpaired) electrons. The third-order valence-corrected chi connectivity index (χ3v) is 11.6. The lowest BCUT2D eigenvalue weighted by Gasteiger charge is -2.27. The summed E-state index contributed by atoms with van der Waals surface area (Å²) in [6, 6.07) is 49.2. The Hall–Kier alpha value is -7.42. The van der Waals surface area contributed by atoms with Gasteiger partial charge < -0.3 is 9.32 Å². The van der Waals surface area contributed by atoms with E-state index in [4.69, 9.17) is 4.42 Å². The Balaban J connectivity index is 1.11. The number of anilines is 3. The van der Waals surface area contributed by atoms with Gasteiger partial charge in [-0.1, -0.05) is 178 Å². The molecule has 0 bridgehead atoms. The topological polar surface area (TPSA) is 16.4 Å². The zero-order chi connectivity index (χ0) is 46.5. The molecule has 280 valence electrons. The van der Waals surface area contributed by atoms with Gasteiger partial charge in [-0.25, -0.2) is 0 Å². The van der Waals surface area contributed by atoms with Crippen LogP contribution in [0.5, 0.6) is 0 Å². The summed E-state index contributed by atoms with van der Waals surface area (Å²) in [5, 5.41) is 1.89. The highest BCUT2D eigenvalue weighted by molar-refractivity contribution is 6.12. The minimum atomic E-state index is -0.510. The van der Waals surface area contributed by atoms with Gasteiger partial charge in [0.25, 0.3) is 0 Å². The molecule has 1 aromatic heterocycles. The van der Waals surface area contributed by atoms with E-state index in [1.807, 2.05) is 127 Å². The summed E-state index contributed by atoms with van der Waals surface area (Å²) in [4.78, 5) is 1.36. The first-order valence-corrected chi connectivity index (χ1v) is 19.8. The number of benzene rings is 9. The van der Waals surface area contributed by atoms with Crippen LogP contribution >= 0.6 is 0 Å². The van der Waals surface area contributed by atoms with E-state index in [9.17, 15) is 11.0 Å². The van der Waals surface area contributed by atoms with Crippen LogP contribution in [0.2, 0.25) is 0 Å². The maximum absolute atomic E-state index is 9.76. The van der Waals surface area contributed by atoms with Gasteiger partial charge in [0.15, 0.2) is 0 Å². The van der Waals surface area contributed by atoms with Gasteiger partial charge in [0.1, 0.15) is 11.2 Å². The SMILES string of the molecule is [2H]c1c([2H])c(N(c2ccc(-c3cccc4oc5ccccc5c34)cc2)c2c([2H])c([2H])c(-c3cccc4c3C(C)(C)c3ccccc3-4)c([2H])c2[2H])c([2H])c([2H])c1-c1ccc(-c2ccccc2)cc1. The zero-order valence-corrected chi connectivity index (χ0v) is 32.4. The molecule has 1 aliphatic carbocycles. The first-order chi connectivity index (χ1) is 32.4. The number of para-hydroxylation sites is 1. The van der Waals surface area contributed by atoms with Gasteiger partial charge in [-0.3, -0.25) is 0 Å². The van der Waals surface area contributed by atoms with Crippen LogP contribution in [0, 0.1) is 0 Å². The fourth-order valence-electron chi connectivity index (χ4n) is 8.81. The Morgan fingerprint density at radius 3 is 1.66 bits per heavy atom. The molecular formula is C57H41NO. The molecule has 2 heteroatoms. The van der Waals surface area contributed by atoms with Crippen molar-refractivity contribution in [2.75, 3.05) is 4.90 Å². The lowest BCUT2D eigenvalue weighted by atomic mass is 9.79. The van der Waals surface area contributed by atoms with Crippen molar-refractivity contribution in [1.29, 1.82) is 0 Å². The highest BCUT2D eigenvalue weighted by Crippen LogP contribution is 2.52. The molecule has 10 aromatic rings. The maximum Gasteiger partial charge on any atom is 0.136 e. The fraction of sp³-hybridized carbons (Fsp3) is 0.0526. The van der Waals surface area contributed by atoms with E-state index in [-0.39, 0.29) is 46.7 Å². The maximum atomic E-state index is 9.76. The Morgan fingerprint density at radius 1 is 0.390 bits per heavy atom. The van der Waals surface area contributed by atoms with Crippen LogP contribution in [0.25, 0.3) is 77.6 Å². The van der Waals surface area contributed by atoms with Gasteiger partial charge in [0.2, 0.25) is 0 Å². The van der Waals surface area contributed by atoms with Crippen molar-refractivity contribution in [3.8, 4) is 55.6 Å². The van der Waals surface area contributed by atoms with E-state index in [2.05, 4.69) is 26.0 Å². The molecule has 0 fully saturated rings. The smallest absolute Gasteiger partial charge is 0.136 e. The van der Waals surface area contributed by atoms with Gasteiger partial charge >= 0.3 is 0 Å². The molecule has 0 N–H and O–H groups in total. The first kappa shape index (κ1) is 27.3. The number of rotatable bonds is 7. The summed E-state index contributed by atoms with van der Waals surface area (Å²) in [6.45, 7) is 4.22. The summed E-state index contributed by atoms with van der Waals surface area (Å²) < 4.78 is 83.1. The van der Waals surface area contributed by atoms with Crippen LogP contribution in [0.15, 0.2) is 217 Å². The first-order valence-electron chi connectivity index (χ1n) is 23.8. The quantitative estimate of drug-likeness (QED) is 0.161. The van der Waals surface area contributed by atoms with Crippen molar-refractivity contribution in [1.82, 2.24) is 0 Å². The van der Waals surface area contributed by atoms with Crippen molar-refractivity contribution in [2.24, 2.45) is 0 Å². The zero-order valence-electron chi connectivity index (χ0n) is 40.4. The third-order valence-electron chi connectivity index (χ3n) is 11.6. The Morgan fingerprint density at radius 2 is 0.915 bits per heavy atom. The molecule has 2 nitrogen and oxygen atoms in total. The molecule has 0 saturated heterocycles. The van der Waals surface area contributed by atoms with Crippen LogP contribution < -0.4 is 4.90 Å². The standard InChI is InChI=1S/C57H41NO/c1-57(2)52-19-8-6-14-49(52)50-18-10-17-48(56(50)57)43-30-36-46(37-31-43)58(44-32-26-41(27-33-44)40-24-22-39(23-25-40)38-12-4-3-5-13-38)45-34-28-42(29-35-45)47-16-11-21-54-55(47)51-15-7-9-20-53(51)59-54/h3-37H,1-2H3/i26D,27D,30D,31D,32D,33D,36D,37D.